The maximum atomic E-state index is 12.3. The fourth-order valence-electron chi connectivity index (χ4n) is 2.23. The van der Waals surface area contributed by atoms with Gasteiger partial charge in [0.05, 0.1) is 11.2 Å². The first kappa shape index (κ1) is 16.2. The highest BCUT2D eigenvalue weighted by Crippen LogP contribution is 2.49. The predicted octanol–water partition coefficient (Wildman–Crippen LogP) is 2.60. The van der Waals surface area contributed by atoms with Crippen LogP contribution >= 0.6 is 23.4 Å². The molecule has 1 saturated carbocycles. The number of benzene rings is 1. The van der Waals surface area contributed by atoms with Crippen LogP contribution in [0.2, 0.25) is 5.02 Å². The lowest BCUT2D eigenvalue weighted by atomic mass is 9.95. The van der Waals surface area contributed by atoms with Gasteiger partial charge in [-0.05, 0) is 30.9 Å². The van der Waals surface area contributed by atoms with Crippen molar-refractivity contribution in [2.45, 2.75) is 19.3 Å². The summed E-state index contributed by atoms with van der Waals surface area (Å²) in [5, 5.41) is 12.1. The van der Waals surface area contributed by atoms with Gasteiger partial charge in [0, 0.05) is 17.3 Å². The van der Waals surface area contributed by atoms with E-state index in [1.165, 1.54) is 11.8 Å². The van der Waals surface area contributed by atoms with Gasteiger partial charge in [-0.15, -0.1) is 11.8 Å². The van der Waals surface area contributed by atoms with Gasteiger partial charge >= 0.3 is 5.97 Å². The SMILES string of the molecule is O=C(O)CSCCNC(=O)C1(Cc2ccccc2Cl)CC1. The van der Waals surface area contributed by atoms with E-state index in [-0.39, 0.29) is 17.1 Å². The van der Waals surface area contributed by atoms with Crippen molar-refractivity contribution in [2.75, 3.05) is 18.1 Å². The normalized spacial score (nSPS) is 15.5. The summed E-state index contributed by atoms with van der Waals surface area (Å²) in [5.74, 6) is -0.0945. The molecule has 0 radical (unpaired) electrons. The Morgan fingerprint density at radius 1 is 1.33 bits per heavy atom. The molecular weight excluding hydrogens is 310 g/mol. The summed E-state index contributed by atoms with van der Waals surface area (Å²) >= 11 is 7.45. The van der Waals surface area contributed by atoms with Crippen molar-refractivity contribution in [1.29, 1.82) is 0 Å². The van der Waals surface area contributed by atoms with Crippen LogP contribution in [0.5, 0.6) is 0 Å². The van der Waals surface area contributed by atoms with Crippen LogP contribution in [-0.4, -0.2) is 35.0 Å². The van der Waals surface area contributed by atoms with Crippen molar-refractivity contribution in [1.82, 2.24) is 5.32 Å². The van der Waals surface area contributed by atoms with E-state index in [2.05, 4.69) is 5.32 Å². The van der Waals surface area contributed by atoms with Crippen LogP contribution in [0.15, 0.2) is 24.3 Å². The van der Waals surface area contributed by atoms with Crippen LogP contribution in [-0.2, 0) is 16.0 Å². The molecule has 0 aliphatic heterocycles. The van der Waals surface area contributed by atoms with E-state index < -0.39 is 5.97 Å². The van der Waals surface area contributed by atoms with E-state index in [1.54, 1.807) is 0 Å². The highest BCUT2D eigenvalue weighted by atomic mass is 35.5. The molecule has 2 N–H and O–H groups in total. The van der Waals surface area contributed by atoms with Gasteiger partial charge in [-0.1, -0.05) is 29.8 Å². The molecule has 6 heteroatoms. The number of carboxylic acids is 1. The van der Waals surface area contributed by atoms with E-state index in [4.69, 9.17) is 16.7 Å². The van der Waals surface area contributed by atoms with E-state index >= 15 is 0 Å². The van der Waals surface area contributed by atoms with Crippen LogP contribution in [0.25, 0.3) is 0 Å². The number of halogens is 1. The molecule has 0 atom stereocenters. The van der Waals surface area contributed by atoms with E-state index in [0.717, 1.165) is 18.4 Å². The smallest absolute Gasteiger partial charge is 0.313 e. The fraction of sp³-hybridized carbons (Fsp3) is 0.467. The number of hydrogen-bond donors (Lipinski definition) is 2. The minimum absolute atomic E-state index is 0.0540. The number of nitrogens with one attached hydrogen (secondary N) is 1. The largest absolute Gasteiger partial charge is 0.481 e. The Hall–Kier alpha value is -1.20. The number of aliphatic carboxylic acids is 1. The molecule has 114 valence electrons. The van der Waals surface area contributed by atoms with Crippen LogP contribution < -0.4 is 5.32 Å². The van der Waals surface area contributed by atoms with Crippen LogP contribution in [0.4, 0.5) is 0 Å². The Morgan fingerprint density at radius 2 is 2.05 bits per heavy atom. The summed E-state index contributed by atoms with van der Waals surface area (Å²) < 4.78 is 0. The Balaban J connectivity index is 1.79. The lowest BCUT2D eigenvalue weighted by Gasteiger charge is -2.16. The summed E-state index contributed by atoms with van der Waals surface area (Å²) in [4.78, 5) is 22.6. The zero-order chi connectivity index (χ0) is 15.3. The van der Waals surface area contributed by atoms with Crippen LogP contribution in [0.1, 0.15) is 18.4 Å². The van der Waals surface area contributed by atoms with Gasteiger partial charge in [-0.25, -0.2) is 0 Å². The van der Waals surface area contributed by atoms with Crippen molar-refractivity contribution >= 4 is 35.2 Å². The molecule has 1 aliphatic carbocycles. The van der Waals surface area contributed by atoms with Gasteiger partial charge in [0.1, 0.15) is 0 Å². The second-order valence-electron chi connectivity index (χ2n) is 5.25. The first-order chi connectivity index (χ1) is 10.0. The maximum Gasteiger partial charge on any atom is 0.313 e. The number of amides is 1. The average Bonchev–Trinajstić information content (AvgIpc) is 3.21. The third-order valence-corrected chi connectivity index (χ3v) is 4.89. The number of thioether (sulfide) groups is 1. The molecule has 1 amide bonds. The van der Waals surface area contributed by atoms with Gasteiger partial charge in [0.2, 0.25) is 5.91 Å². The van der Waals surface area contributed by atoms with Gasteiger partial charge in [-0.2, -0.15) is 0 Å². The second-order valence-corrected chi connectivity index (χ2v) is 6.76. The van der Waals surface area contributed by atoms with E-state index in [0.29, 0.717) is 23.7 Å². The van der Waals surface area contributed by atoms with Gasteiger partial charge in [0.15, 0.2) is 0 Å². The first-order valence-corrected chi connectivity index (χ1v) is 8.38. The molecule has 2 rings (SSSR count). The monoisotopic (exact) mass is 327 g/mol. The summed E-state index contributed by atoms with van der Waals surface area (Å²) in [6.45, 7) is 0.501. The highest BCUT2D eigenvalue weighted by Gasteiger charge is 2.49. The lowest BCUT2D eigenvalue weighted by Crippen LogP contribution is -2.34. The van der Waals surface area contributed by atoms with Crippen LogP contribution in [0.3, 0.4) is 0 Å². The molecule has 0 aromatic heterocycles. The predicted molar refractivity (Wildman–Crippen MR) is 84.8 cm³/mol. The zero-order valence-corrected chi connectivity index (χ0v) is 13.2. The summed E-state index contributed by atoms with van der Waals surface area (Å²) in [6.07, 6.45) is 2.43. The third kappa shape index (κ3) is 4.64. The van der Waals surface area contributed by atoms with Crippen molar-refractivity contribution in [3.63, 3.8) is 0 Å². The molecule has 1 aromatic rings. The van der Waals surface area contributed by atoms with Gasteiger partial charge in [-0.3, -0.25) is 9.59 Å². The zero-order valence-electron chi connectivity index (χ0n) is 11.6. The molecule has 21 heavy (non-hydrogen) atoms. The van der Waals surface area contributed by atoms with Crippen molar-refractivity contribution in [3.05, 3.63) is 34.9 Å². The quantitative estimate of drug-likeness (QED) is 0.720. The fourth-order valence-corrected chi connectivity index (χ4v) is 2.99. The third-order valence-electron chi connectivity index (χ3n) is 3.58. The first-order valence-electron chi connectivity index (χ1n) is 6.85. The number of hydrogen-bond acceptors (Lipinski definition) is 3. The molecule has 0 heterocycles. The standard InChI is InChI=1S/C15H18ClNO3S/c16-12-4-2-1-3-11(12)9-15(5-6-15)14(20)17-7-8-21-10-13(18)19/h1-4H,5-10H2,(H,17,20)(H,18,19). The topological polar surface area (TPSA) is 66.4 Å². The molecule has 0 unspecified atom stereocenters. The number of carboxylic acid groups (broad SMARTS) is 1. The average molecular weight is 328 g/mol. The molecule has 1 fully saturated rings. The van der Waals surface area contributed by atoms with Crippen molar-refractivity contribution in [3.8, 4) is 0 Å². The van der Waals surface area contributed by atoms with Gasteiger partial charge in [0.25, 0.3) is 0 Å². The Bertz CT molecular complexity index is 531. The molecule has 1 aromatic carbocycles. The number of carbonyl (C=O) groups is 2. The van der Waals surface area contributed by atoms with Crippen molar-refractivity contribution < 1.29 is 14.7 Å². The Morgan fingerprint density at radius 3 is 2.67 bits per heavy atom. The number of carbonyl (C=O) groups excluding carboxylic acids is 1. The molecule has 0 bridgehead atoms. The molecular formula is C15H18ClNO3S. The second kappa shape index (κ2) is 7.18. The highest BCUT2D eigenvalue weighted by molar-refractivity contribution is 7.99. The summed E-state index contributed by atoms with van der Waals surface area (Å²) in [7, 11) is 0. The molecule has 0 spiro atoms. The van der Waals surface area contributed by atoms with Gasteiger partial charge < -0.3 is 10.4 Å². The summed E-state index contributed by atoms with van der Waals surface area (Å²) in [5.41, 5.74) is 0.690. The van der Waals surface area contributed by atoms with Crippen LogP contribution in [0, 0.1) is 5.41 Å². The molecule has 1 aliphatic rings. The van der Waals surface area contributed by atoms with E-state index in [1.807, 2.05) is 24.3 Å². The number of rotatable bonds is 8. The molecule has 0 saturated heterocycles. The van der Waals surface area contributed by atoms with Crippen molar-refractivity contribution in [2.24, 2.45) is 5.41 Å². The van der Waals surface area contributed by atoms with E-state index in [9.17, 15) is 9.59 Å². The minimum Gasteiger partial charge on any atom is -0.481 e. The Kier molecular flexibility index (Phi) is 5.53. The Labute approximate surface area is 133 Å². The lowest BCUT2D eigenvalue weighted by molar-refractivity contribution is -0.134. The molecule has 4 nitrogen and oxygen atoms in total. The minimum atomic E-state index is -0.830. The maximum absolute atomic E-state index is 12.3. The summed E-state index contributed by atoms with van der Waals surface area (Å²) in [6, 6.07) is 7.61.